The minimum atomic E-state index is -0.575. The highest BCUT2D eigenvalue weighted by molar-refractivity contribution is 6.30. The van der Waals surface area contributed by atoms with Crippen LogP contribution < -0.4 is 0 Å². The fourth-order valence-electron chi connectivity index (χ4n) is 3.10. The van der Waals surface area contributed by atoms with E-state index in [1.807, 2.05) is 0 Å². The van der Waals surface area contributed by atoms with Crippen LogP contribution in [0.4, 0.5) is 8.78 Å². The molecule has 1 fully saturated rings. The maximum absolute atomic E-state index is 13.7. The highest BCUT2D eigenvalue weighted by atomic mass is 35.5. The quantitative estimate of drug-likeness (QED) is 0.657. The molecular weight excluding hydrogens is 376 g/mol. The SMILES string of the molecule is O=C1CCC(c2nc(-c3ccc(Cl)c(F)c3)no2)N1Cc1ccc(F)cc1. The predicted molar refractivity (Wildman–Crippen MR) is 93.6 cm³/mol. The number of nitrogens with zero attached hydrogens (tertiary/aromatic N) is 3. The third-order valence-corrected chi connectivity index (χ3v) is 4.81. The number of hydrogen-bond acceptors (Lipinski definition) is 4. The van der Waals surface area contributed by atoms with Crippen molar-refractivity contribution in [1.29, 1.82) is 0 Å². The van der Waals surface area contributed by atoms with Crippen LogP contribution in [0.15, 0.2) is 47.0 Å². The van der Waals surface area contributed by atoms with Crippen LogP contribution in [0.3, 0.4) is 0 Å². The maximum Gasteiger partial charge on any atom is 0.249 e. The maximum atomic E-state index is 13.7. The highest BCUT2D eigenvalue weighted by Crippen LogP contribution is 2.34. The van der Waals surface area contributed by atoms with Crippen LogP contribution >= 0.6 is 11.6 Å². The molecule has 1 saturated heterocycles. The number of rotatable bonds is 4. The standard InChI is InChI=1S/C19H14ClF2N3O2/c20-14-6-3-12(9-15(14)22)18-23-19(27-24-18)16-7-8-17(26)25(16)10-11-1-4-13(21)5-2-11/h1-6,9,16H,7-8,10H2. The summed E-state index contributed by atoms with van der Waals surface area (Å²) in [6, 6.07) is 9.84. The van der Waals surface area contributed by atoms with Crippen molar-refractivity contribution in [3.8, 4) is 11.4 Å². The van der Waals surface area contributed by atoms with Crippen molar-refractivity contribution in [2.45, 2.75) is 25.4 Å². The summed E-state index contributed by atoms with van der Waals surface area (Å²) in [5.74, 6) is -0.439. The molecule has 0 N–H and O–H groups in total. The lowest BCUT2D eigenvalue weighted by molar-refractivity contribution is -0.129. The molecule has 5 nitrogen and oxygen atoms in total. The number of halogens is 3. The van der Waals surface area contributed by atoms with E-state index in [4.69, 9.17) is 16.1 Å². The van der Waals surface area contributed by atoms with Gasteiger partial charge in [-0.05, 0) is 42.3 Å². The molecule has 4 rings (SSSR count). The van der Waals surface area contributed by atoms with E-state index in [0.29, 0.717) is 24.9 Å². The Labute approximate surface area is 158 Å². The van der Waals surface area contributed by atoms with Gasteiger partial charge in [0.15, 0.2) is 0 Å². The molecule has 138 valence electrons. The molecule has 27 heavy (non-hydrogen) atoms. The molecule has 0 bridgehead atoms. The third kappa shape index (κ3) is 3.55. The minimum Gasteiger partial charge on any atom is -0.337 e. The number of amides is 1. The largest absolute Gasteiger partial charge is 0.337 e. The van der Waals surface area contributed by atoms with Crippen molar-refractivity contribution in [3.05, 3.63) is 70.6 Å². The lowest BCUT2D eigenvalue weighted by Crippen LogP contribution is -2.27. The Hall–Kier alpha value is -2.80. The van der Waals surface area contributed by atoms with Gasteiger partial charge in [-0.1, -0.05) is 28.9 Å². The fraction of sp³-hybridized carbons (Fsp3) is 0.211. The Morgan fingerprint density at radius 2 is 1.96 bits per heavy atom. The van der Waals surface area contributed by atoms with Gasteiger partial charge in [0, 0.05) is 18.5 Å². The molecule has 1 aliphatic heterocycles. The van der Waals surface area contributed by atoms with E-state index in [1.54, 1.807) is 23.1 Å². The second kappa shape index (κ2) is 7.08. The van der Waals surface area contributed by atoms with Crippen molar-refractivity contribution in [1.82, 2.24) is 15.0 Å². The van der Waals surface area contributed by atoms with Crippen molar-refractivity contribution in [3.63, 3.8) is 0 Å². The second-order valence-corrected chi connectivity index (χ2v) is 6.69. The fourth-order valence-corrected chi connectivity index (χ4v) is 3.22. The first-order valence-corrected chi connectivity index (χ1v) is 8.72. The first-order valence-electron chi connectivity index (χ1n) is 8.34. The topological polar surface area (TPSA) is 59.2 Å². The van der Waals surface area contributed by atoms with E-state index in [-0.39, 0.29) is 34.5 Å². The molecule has 1 amide bonds. The van der Waals surface area contributed by atoms with Crippen LogP contribution in [-0.2, 0) is 11.3 Å². The first-order chi connectivity index (χ1) is 13.0. The molecule has 0 radical (unpaired) electrons. The summed E-state index contributed by atoms with van der Waals surface area (Å²) >= 11 is 5.69. The molecule has 1 atom stereocenters. The molecular formula is C19H14ClF2N3O2. The Morgan fingerprint density at radius 1 is 1.19 bits per heavy atom. The van der Waals surface area contributed by atoms with Crippen molar-refractivity contribution in [2.24, 2.45) is 0 Å². The van der Waals surface area contributed by atoms with Crippen LogP contribution in [0.5, 0.6) is 0 Å². The lowest BCUT2D eigenvalue weighted by atomic mass is 10.1. The van der Waals surface area contributed by atoms with Gasteiger partial charge in [0.25, 0.3) is 0 Å². The monoisotopic (exact) mass is 389 g/mol. The van der Waals surface area contributed by atoms with Crippen LogP contribution in [-0.4, -0.2) is 20.9 Å². The zero-order valence-electron chi connectivity index (χ0n) is 14.0. The number of carbonyl (C=O) groups is 1. The first kappa shape index (κ1) is 17.6. The summed E-state index contributed by atoms with van der Waals surface area (Å²) in [7, 11) is 0. The number of aromatic nitrogens is 2. The van der Waals surface area contributed by atoms with Crippen LogP contribution in [0.25, 0.3) is 11.4 Å². The molecule has 1 aliphatic rings. The number of hydrogen-bond donors (Lipinski definition) is 0. The summed E-state index contributed by atoms with van der Waals surface area (Å²) < 4.78 is 32.1. The Kier molecular flexibility index (Phi) is 4.61. The molecule has 1 unspecified atom stereocenters. The molecule has 0 saturated carbocycles. The van der Waals surface area contributed by atoms with Gasteiger partial charge >= 0.3 is 0 Å². The molecule has 2 heterocycles. The molecule has 0 aliphatic carbocycles. The molecule has 8 heteroatoms. The third-order valence-electron chi connectivity index (χ3n) is 4.50. The highest BCUT2D eigenvalue weighted by Gasteiger charge is 2.36. The number of likely N-dealkylation sites (tertiary alicyclic amines) is 1. The summed E-state index contributed by atoms with van der Waals surface area (Å²) in [4.78, 5) is 18.3. The van der Waals surface area contributed by atoms with Crippen LogP contribution in [0.1, 0.15) is 30.3 Å². The Balaban J connectivity index is 1.58. The van der Waals surface area contributed by atoms with Gasteiger partial charge in [0.1, 0.15) is 17.7 Å². The van der Waals surface area contributed by atoms with E-state index in [9.17, 15) is 13.6 Å². The number of benzene rings is 2. The Morgan fingerprint density at radius 3 is 2.70 bits per heavy atom. The van der Waals surface area contributed by atoms with Crippen molar-refractivity contribution in [2.75, 3.05) is 0 Å². The van der Waals surface area contributed by atoms with Gasteiger partial charge in [0.2, 0.25) is 17.6 Å². The minimum absolute atomic E-state index is 0.00864. The van der Waals surface area contributed by atoms with E-state index in [2.05, 4.69) is 10.1 Å². The zero-order chi connectivity index (χ0) is 19.0. The average Bonchev–Trinajstić information content (AvgIpc) is 3.27. The van der Waals surface area contributed by atoms with E-state index in [0.717, 1.165) is 5.56 Å². The molecule has 0 spiro atoms. The van der Waals surface area contributed by atoms with Gasteiger partial charge in [-0.15, -0.1) is 0 Å². The van der Waals surface area contributed by atoms with Gasteiger partial charge < -0.3 is 9.42 Å². The molecule has 2 aromatic carbocycles. The zero-order valence-corrected chi connectivity index (χ0v) is 14.8. The normalized spacial score (nSPS) is 16.9. The summed E-state index contributed by atoms with van der Waals surface area (Å²) in [6.45, 7) is 0.317. The molecule has 3 aromatic rings. The van der Waals surface area contributed by atoms with Crippen molar-refractivity contribution < 1.29 is 18.1 Å². The van der Waals surface area contributed by atoms with Crippen molar-refractivity contribution >= 4 is 17.5 Å². The predicted octanol–water partition coefficient (Wildman–Crippen LogP) is 4.53. The lowest BCUT2D eigenvalue weighted by Gasteiger charge is -2.22. The van der Waals surface area contributed by atoms with Crippen LogP contribution in [0, 0.1) is 11.6 Å². The van der Waals surface area contributed by atoms with Gasteiger partial charge in [-0.3, -0.25) is 4.79 Å². The van der Waals surface area contributed by atoms with E-state index >= 15 is 0 Å². The number of carbonyl (C=O) groups excluding carboxylic acids is 1. The Bertz CT molecular complexity index is 991. The average molecular weight is 390 g/mol. The summed E-state index contributed by atoms with van der Waals surface area (Å²) in [5.41, 5.74) is 1.23. The van der Waals surface area contributed by atoms with E-state index < -0.39 is 5.82 Å². The second-order valence-electron chi connectivity index (χ2n) is 6.29. The van der Waals surface area contributed by atoms with Crippen LogP contribution in [0.2, 0.25) is 5.02 Å². The summed E-state index contributed by atoms with van der Waals surface area (Å²) in [6.07, 6.45) is 0.899. The van der Waals surface area contributed by atoms with E-state index in [1.165, 1.54) is 24.3 Å². The van der Waals surface area contributed by atoms with Gasteiger partial charge in [0.05, 0.1) is 5.02 Å². The van der Waals surface area contributed by atoms with Gasteiger partial charge in [-0.25, -0.2) is 8.78 Å². The molecule has 1 aromatic heterocycles. The summed E-state index contributed by atoms with van der Waals surface area (Å²) in [5, 5.41) is 3.91. The van der Waals surface area contributed by atoms with Gasteiger partial charge in [-0.2, -0.15) is 4.98 Å². The smallest absolute Gasteiger partial charge is 0.249 e.